The summed E-state index contributed by atoms with van der Waals surface area (Å²) in [5.41, 5.74) is -3.84. The van der Waals surface area contributed by atoms with Crippen LogP contribution in [-0.2, 0) is 0 Å². The topological polar surface area (TPSA) is 30.2 Å². The van der Waals surface area contributed by atoms with Crippen molar-refractivity contribution >= 4 is 39.7 Å². The van der Waals surface area contributed by atoms with Crippen LogP contribution in [0.15, 0.2) is 34.7 Å². The Bertz CT molecular complexity index is 1190. The molecule has 0 N–H and O–H groups in total. The Morgan fingerprint density at radius 2 is 1.59 bits per heavy atom. The standard InChI is InChI=1S/C20H12F6O2S/c1-9-15(12-5-3-4-6-14(12)28-9)17-16(13-7-11(8-27)29-10(13)2)18(21,22)20(25,26)19(17,23)24/h3-8H,1-2H3. The molecule has 2 nitrogen and oxygen atoms in total. The Morgan fingerprint density at radius 3 is 2.21 bits per heavy atom. The summed E-state index contributed by atoms with van der Waals surface area (Å²) in [7, 11) is 0. The van der Waals surface area contributed by atoms with E-state index in [1.165, 1.54) is 32.0 Å². The summed E-state index contributed by atoms with van der Waals surface area (Å²) < 4.78 is 93.6. The van der Waals surface area contributed by atoms with Gasteiger partial charge in [-0.1, -0.05) is 18.2 Å². The van der Waals surface area contributed by atoms with Crippen LogP contribution in [0.2, 0.25) is 0 Å². The first-order chi connectivity index (χ1) is 13.4. The van der Waals surface area contributed by atoms with E-state index in [1.54, 1.807) is 6.07 Å². The third-order valence-electron chi connectivity index (χ3n) is 5.01. The lowest BCUT2D eigenvalue weighted by Gasteiger charge is -2.25. The van der Waals surface area contributed by atoms with Crippen molar-refractivity contribution in [3.8, 4) is 0 Å². The Hall–Kier alpha value is -2.55. The van der Waals surface area contributed by atoms with Gasteiger partial charge in [-0.05, 0) is 31.5 Å². The summed E-state index contributed by atoms with van der Waals surface area (Å²) >= 11 is 0.761. The fraction of sp³-hybridized carbons (Fsp3) is 0.250. The van der Waals surface area contributed by atoms with Gasteiger partial charge in [-0.15, -0.1) is 11.3 Å². The number of para-hydroxylation sites is 1. The van der Waals surface area contributed by atoms with Crippen molar-refractivity contribution in [2.75, 3.05) is 0 Å². The lowest BCUT2D eigenvalue weighted by molar-refractivity contribution is -0.254. The molecule has 0 unspecified atom stereocenters. The highest BCUT2D eigenvalue weighted by Crippen LogP contribution is 2.66. The highest BCUT2D eigenvalue weighted by molar-refractivity contribution is 7.13. The van der Waals surface area contributed by atoms with Gasteiger partial charge < -0.3 is 4.42 Å². The Labute approximate surface area is 164 Å². The molecule has 4 rings (SSSR count). The molecule has 29 heavy (non-hydrogen) atoms. The summed E-state index contributed by atoms with van der Waals surface area (Å²) in [5, 5.41) is 0.0224. The normalized spacial score (nSPS) is 19.9. The number of halogens is 6. The fourth-order valence-corrected chi connectivity index (χ4v) is 4.55. The number of aldehydes is 1. The second-order valence-corrected chi connectivity index (χ2v) is 8.03. The first-order valence-electron chi connectivity index (χ1n) is 8.38. The zero-order chi connectivity index (χ0) is 21.4. The zero-order valence-corrected chi connectivity index (χ0v) is 15.8. The lowest BCUT2D eigenvalue weighted by Crippen LogP contribution is -2.48. The first-order valence-corrected chi connectivity index (χ1v) is 9.20. The Balaban J connectivity index is 2.19. The zero-order valence-electron chi connectivity index (χ0n) is 15.0. The third kappa shape index (κ3) is 2.39. The van der Waals surface area contributed by atoms with E-state index in [4.69, 9.17) is 4.42 Å². The van der Waals surface area contributed by atoms with Gasteiger partial charge in [0.15, 0.2) is 6.29 Å². The molecule has 0 amide bonds. The second kappa shape index (κ2) is 5.98. The molecular formula is C20H12F6O2S. The van der Waals surface area contributed by atoms with Gasteiger partial charge in [0.2, 0.25) is 0 Å². The van der Waals surface area contributed by atoms with Gasteiger partial charge in [0.05, 0.1) is 4.88 Å². The third-order valence-corrected chi connectivity index (χ3v) is 5.99. The number of allylic oxidation sites excluding steroid dienone is 2. The van der Waals surface area contributed by atoms with E-state index in [1.807, 2.05) is 0 Å². The van der Waals surface area contributed by atoms with Gasteiger partial charge in [0.1, 0.15) is 11.3 Å². The minimum atomic E-state index is -5.66. The van der Waals surface area contributed by atoms with E-state index in [0.717, 1.165) is 17.4 Å². The number of hydrogen-bond donors (Lipinski definition) is 0. The molecule has 1 aliphatic rings. The van der Waals surface area contributed by atoms with Crippen molar-refractivity contribution in [2.24, 2.45) is 0 Å². The van der Waals surface area contributed by atoms with Crippen molar-refractivity contribution in [1.82, 2.24) is 0 Å². The van der Waals surface area contributed by atoms with E-state index >= 15 is 0 Å². The van der Waals surface area contributed by atoms with Gasteiger partial charge in [-0.2, -0.15) is 26.3 Å². The van der Waals surface area contributed by atoms with Crippen molar-refractivity contribution < 1.29 is 35.6 Å². The Kier molecular flexibility index (Phi) is 4.07. The predicted molar refractivity (Wildman–Crippen MR) is 97.0 cm³/mol. The molecule has 2 aromatic heterocycles. The van der Waals surface area contributed by atoms with Crippen LogP contribution in [0.3, 0.4) is 0 Å². The van der Waals surface area contributed by atoms with Crippen LogP contribution in [-0.4, -0.2) is 24.1 Å². The number of thiophene rings is 1. The molecule has 0 aliphatic heterocycles. The molecule has 0 spiro atoms. The maximum Gasteiger partial charge on any atom is 0.380 e. The Morgan fingerprint density at radius 1 is 0.966 bits per heavy atom. The smallest absolute Gasteiger partial charge is 0.380 e. The van der Waals surface area contributed by atoms with Crippen molar-refractivity contribution in [3.63, 3.8) is 0 Å². The van der Waals surface area contributed by atoms with Gasteiger partial charge >= 0.3 is 17.8 Å². The minimum absolute atomic E-state index is 0.0224. The predicted octanol–water partition coefficient (Wildman–Crippen LogP) is 6.75. The summed E-state index contributed by atoms with van der Waals surface area (Å²) in [6.45, 7) is 2.56. The number of carbonyl (C=O) groups excluding carboxylic acids is 1. The van der Waals surface area contributed by atoms with Gasteiger partial charge in [-0.25, -0.2) is 0 Å². The van der Waals surface area contributed by atoms with E-state index in [2.05, 4.69) is 0 Å². The molecule has 9 heteroatoms. The molecule has 2 heterocycles. The summed E-state index contributed by atoms with van der Waals surface area (Å²) in [6, 6.07) is 6.71. The van der Waals surface area contributed by atoms with Crippen LogP contribution in [0.5, 0.6) is 0 Å². The molecule has 1 aliphatic carbocycles. The molecule has 0 saturated heterocycles. The van der Waals surface area contributed by atoms with Gasteiger partial charge in [0, 0.05) is 27.0 Å². The molecule has 0 radical (unpaired) electrons. The molecule has 0 atom stereocenters. The number of furan rings is 1. The van der Waals surface area contributed by atoms with Crippen molar-refractivity contribution in [3.05, 3.63) is 57.0 Å². The number of aryl methyl sites for hydroxylation is 2. The maximum absolute atomic E-state index is 14.9. The van der Waals surface area contributed by atoms with Crippen LogP contribution >= 0.6 is 11.3 Å². The van der Waals surface area contributed by atoms with Crippen LogP contribution < -0.4 is 0 Å². The number of fused-ring (bicyclic) bond motifs is 1. The molecular weight excluding hydrogens is 418 g/mol. The highest BCUT2D eigenvalue weighted by Gasteiger charge is 2.80. The monoisotopic (exact) mass is 430 g/mol. The van der Waals surface area contributed by atoms with Gasteiger partial charge in [0.25, 0.3) is 0 Å². The maximum atomic E-state index is 14.9. The SMILES string of the molecule is Cc1oc2ccccc2c1C1=C(c2cc(C=O)sc2C)C(F)(F)C(F)(F)C1(F)F. The summed E-state index contributed by atoms with van der Waals surface area (Å²) in [6.07, 6.45) is 0.350. The number of alkyl halides is 6. The average molecular weight is 430 g/mol. The van der Waals surface area contributed by atoms with Gasteiger partial charge in [-0.3, -0.25) is 4.79 Å². The van der Waals surface area contributed by atoms with Crippen LogP contribution in [0, 0.1) is 13.8 Å². The highest BCUT2D eigenvalue weighted by atomic mass is 32.1. The van der Waals surface area contributed by atoms with E-state index in [0.29, 0.717) is 6.29 Å². The average Bonchev–Trinajstić information content (AvgIpc) is 3.20. The molecule has 0 saturated carbocycles. The number of benzene rings is 1. The summed E-state index contributed by atoms with van der Waals surface area (Å²) in [5.74, 6) is -16.2. The largest absolute Gasteiger partial charge is 0.461 e. The van der Waals surface area contributed by atoms with E-state index in [9.17, 15) is 31.1 Å². The van der Waals surface area contributed by atoms with E-state index in [-0.39, 0.29) is 26.5 Å². The molecule has 0 fully saturated rings. The van der Waals surface area contributed by atoms with E-state index < -0.39 is 40.0 Å². The second-order valence-electron chi connectivity index (χ2n) is 6.74. The van der Waals surface area contributed by atoms with Crippen LogP contribution in [0.25, 0.3) is 22.1 Å². The molecule has 3 aromatic rings. The molecule has 1 aromatic carbocycles. The van der Waals surface area contributed by atoms with Crippen LogP contribution in [0.1, 0.15) is 31.4 Å². The number of rotatable bonds is 3. The molecule has 152 valence electrons. The quantitative estimate of drug-likeness (QED) is 0.340. The van der Waals surface area contributed by atoms with Crippen molar-refractivity contribution in [1.29, 1.82) is 0 Å². The first kappa shape index (κ1) is 19.8. The molecule has 0 bridgehead atoms. The lowest BCUT2D eigenvalue weighted by atomic mass is 9.93. The van der Waals surface area contributed by atoms with Crippen LogP contribution in [0.4, 0.5) is 26.3 Å². The summed E-state index contributed by atoms with van der Waals surface area (Å²) in [4.78, 5) is 11.1. The van der Waals surface area contributed by atoms with Crippen molar-refractivity contribution in [2.45, 2.75) is 31.6 Å². The fourth-order valence-electron chi connectivity index (χ4n) is 3.70. The number of carbonyl (C=O) groups is 1. The minimum Gasteiger partial charge on any atom is -0.461 e. The number of hydrogen-bond acceptors (Lipinski definition) is 3.